The fourth-order valence-corrected chi connectivity index (χ4v) is 2.34. The van der Waals surface area contributed by atoms with Gasteiger partial charge in [0.1, 0.15) is 0 Å². The van der Waals surface area contributed by atoms with Crippen molar-refractivity contribution in [2.45, 2.75) is 26.4 Å². The topological polar surface area (TPSA) is 35.5 Å². The summed E-state index contributed by atoms with van der Waals surface area (Å²) in [6.45, 7) is 5.94. The summed E-state index contributed by atoms with van der Waals surface area (Å²) in [5.74, 6) is 0. The number of aliphatic hydroxyl groups excluding tert-OH is 1. The van der Waals surface area contributed by atoms with Gasteiger partial charge in [-0.3, -0.25) is 0 Å². The summed E-state index contributed by atoms with van der Waals surface area (Å²) < 4.78 is 1.08. The highest BCUT2D eigenvalue weighted by Gasteiger charge is 2.13. The highest BCUT2D eigenvalue weighted by Crippen LogP contribution is 2.26. The van der Waals surface area contributed by atoms with Crippen LogP contribution in [0.3, 0.4) is 0 Å². The Morgan fingerprint density at radius 3 is 2.65 bits per heavy atom. The van der Waals surface area contributed by atoms with E-state index in [2.05, 4.69) is 52.1 Å². The normalized spacial score (nSPS) is 10.9. The van der Waals surface area contributed by atoms with E-state index in [-0.39, 0.29) is 6.61 Å². The fraction of sp³-hybridized carbons (Fsp3) is 0.538. The molecule has 0 spiro atoms. The molecule has 0 bridgehead atoms. The zero-order chi connectivity index (χ0) is 12.8. The van der Waals surface area contributed by atoms with Gasteiger partial charge in [0.25, 0.3) is 0 Å². The first-order chi connectivity index (χ1) is 8.10. The van der Waals surface area contributed by atoms with Crippen LogP contribution in [-0.4, -0.2) is 31.3 Å². The molecule has 2 N–H and O–H groups in total. The van der Waals surface area contributed by atoms with Gasteiger partial charge in [-0.25, -0.2) is 0 Å². The average Bonchev–Trinajstić information content (AvgIpc) is 2.27. The van der Waals surface area contributed by atoms with E-state index < -0.39 is 0 Å². The van der Waals surface area contributed by atoms with Gasteiger partial charge in [0.05, 0.1) is 6.61 Å². The van der Waals surface area contributed by atoms with Crippen molar-refractivity contribution >= 4 is 21.6 Å². The number of rotatable bonds is 6. The fourth-order valence-electron chi connectivity index (χ4n) is 1.93. The molecule has 0 aliphatic carbocycles. The Morgan fingerprint density at radius 2 is 2.12 bits per heavy atom. The monoisotopic (exact) mass is 300 g/mol. The average molecular weight is 301 g/mol. The summed E-state index contributed by atoms with van der Waals surface area (Å²) in [6, 6.07) is 6.64. The SMILES string of the molecule is CNCc1cc(Br)ccc1N(CCO)C(C)C. The number of nitrogens with one attached hydrogen (secondary N) is 1. The van der Waals surface area contributed by atoms with Gasteiger partial charge in [0, 0.05) is 29.3 Å². The highest BCUT2D eigenvalue weighted by atomic mass is 79.9. The third kappa shape index (κ3) is 3.98. The van der Waals surface area contributed by atoms with Crippen LogP contribution in [0.25, 0.3) is 0 Å². The Balaban J connectivity index is 3.07. The second kappa shape index (κ2) is 6.99. The first-order valence-corrected chi connectivity index (χ1v) is 6.70. The molecule has 1 aromatic carbocycles. The van der Waals surface area contributed by atoms with Gasteiger partial charge in [0.15, 0.2) is 0 Å². The lowest BCUT2D eigenvalue weighted by Crippen LogP contribution is -2.34. The zero-order valence-electron chi connectivity index (χ0n) is 10.7. The Labute approximate surface area is 112 Å². The standard InChI is InChI=1S/C13H21BrN2O/c1-10(2)16(6-7-17)13-5-4-12(14)8-11(13)9-15-3/h4-5,8,10,15,17H,6-7,9H2,1-3H3. The number of halogens is 1. The van der Waals surface area contributed by atoms with Crippen molar-refractivity contribution in [2.24, 2.45) is 0 Å². The van der Waals surface area contributed by atoms with Crippen LogP contribution in [-0.2, 0) is 6.54 Å². The molecule has 0 fully saturated rings. The largest absolute Gasteiger partial charge is 0.395 e. The Kier molecular flexibility index (Phi) is 5.95. The Morgan fingerprint density at radius 1 is 1.41 bits per heavy atom. The molecule has 0 saturated heterocycles. The van der Waals surface area contributed by atoms with Crippen LogP contribution in [0.5, 0.6) is 0 Å². The van der Waals surface area contributed by atoms with E-state index in [4.69, 9.17) is 5.11 Å². The quantitative estimate of drug-likeness (QED) is 0.847. The second-order valence-electron chi connectivity index (χ2n) is 4.31. The smallest absolute Gasteiger partial charge is 0.0606 e. The lowest BCUT2D eigenvalue weighted by Gasteiger charge is -2.30. The van der Waals surface area contributed by atoms with Crippen LogP contribution in [0.15, 0.2) is 22.7 Å². The predicted octanol–water partition coefficient (Wildman–Crippen LogP) is 2.38. The molecule has 0 heterocycles. The third-order valence-corrected chi connectivity index (χ3v) is 3.18. The van der Waals surface area contributed by atoms with Crippen LogP contribution in [0.2, 0.25) is 0 Å². The van der Waals surface area contributed by atoms with Crippen LogP contribution < -0.4 is 10.2 Å². The molecule has 0 aromatic heterocycles. The van der Waals surface area contributed by atoms with E-state index in [9.17, 15) is 0 Å². The van der Waals surface area contributed by atoms with E-state index in [1.54, 1.807) is 0 Å². The maximum atomic E-state index is 9.16. The molecule has 0 amide bonds. The van der Waals surface area contributed by atoms with E-state index in [1.165, 1.54) is 11.3 Å². The van der Waals surface area contributed by atoms with Gasteiger partial charge in [-0.2, -0.15) is 0 Å². The molecule has 0 radical (unpaired) electrons. The highest BCUT2D eigenvalue weighted by molar-refractivity contribution is 9.10. The number of hydrogen-bond acceptors (Lipinski definition) is 3. The molecule has 3 nitrogen and oxygen atoms in total. The number of aliphatic hydroxyl groups is 1. The Hall–Kier alpha value is -0.580. The van der Waals surface area contributed by atoms with Crippen LogP contribution in [0, 0.1) is 0 Å². The minimum absolute atomic E-state index is 0.174. The molecular formula is C13H21BrN2O. The van der Waals surface area contributed by atoms with Crippen LogP contribution >= 0.6 is 15.9 Å². The predicted molar refractivity (Wildman–Crippen MR) is 76.5 cm³/mol. The van der Waals surface area contributed by atoms with E-state index >= 15 is 0 Å². The second-order valence-corrected chi connectivity index (χ2v) is 5.23. The minimum atomic E-state index is 0.174. The van der Waals surface area contributed by atoms with Gasteiger partial charge >= 0.3 is 0 Å². The molecule has 4 heteroatoms. The van der Waals surface area contributed by atoms with Gasteiger partial charge < -0.3 is 15.3 Å². The van der Waals surface area contributed by atoms with Gasteiger partial charge in [-0.05, 0) is 44.7 Å². The van der Waals surface area contributed by atoms with Crippen LogP contribution in [0.4, 0.5) is 5.69 Å². The third-order valence-electron chi connectivity index (χ3n) is 2.68. The summed E-state index contributed by atoms with van der Waals surface area (Å²) >= 11 is 3.50. The molecule has 0 atom stereocenters. The molecule has 0 aliphatic heterocycles. The maximum absolute atomic E-state index is 9.16. The summed E-state index contributed by atoms with van der Waals surface area (Å²) in [5, 5.41) is 12.3. The Bertz CT molecular complexity index is 355. The van der Waals surface area contributed by atoms with Crippen molar-refractivity contribution in [1.82, 2.24) is 5.32 Å². The van der Waals surface area contributed by atoms with Crippen molar-refractivity contribution < 1.29 is 5.11 Å². The van der Waals surface area contributed by atoms with Crippen molar-refractivity contribution in [3.05, 3.63) is 28.2 Å². The van der Waals surface area contributed by atoms with Gasteiger partial charge in [-0.1, -0.05) is 15.9 Å². The van der Waals surface area contributed by atoms with Gasteiger partial charge in [0.2, 0.25) is 0 Å². The lowest BCUT2D eigenvalue weighted by atomic mass is 10.1. The number of anilines is 1. The summed E-state index contributed by atoms with van der Waals surface area (Å²) in [5.41, 5.74) is 2.43. The van der Waals surface area contributed by atoms with E-state index in [1.807, 2.05) is 13.1 Å². The first kappa shape index (κ1) is 14.5. The minimum Gasteiger partial charge on any atom is -0.395 e. The molecule has 17 heavy (non-hydrogen) atoms. The van der Waals surface area contributed by atoms with Crippen molar-refractivity contribution in [2.75, 3.05) is 25.1 Å². The first-order valence-electron chi connectivity index (χ1n) is 5.90. The molecule has 0 unspecified atom stereocenters. The number of nitrogens with zero attached hydrogens (tertiary/aromatic N) is 1. The van der Waals surface area contributed by atoms with Crippen molar-refractivity contribution in [1.29, 1.82) is 0 Å². The van der Waals surface area contributed by atoms with Crippen molar-refractivity contribution in [3.63, 3.8) is 0 Å². The zero-order valence-corrected chi connectivity index (χ0v) is 12.3. The summed E-state index contributed by atoms with van der Waals surface area (Å²) in [4.78, 5) is 2.22. The van der Waals surface area contributed by atoms with Gasteiger partial charge in [-0.15, -0.1) is 0 Å². The molecular weight excluding hydrogens is 280 g/mol. The van der Waals surface area contributed by atoms with E-state index in [0.717, 1.165) is 11.0 Å². The molecule has 1 rings (SSSR count). The molecule has 0 aliphatic rings. The van der Waals surface area contributed by atoms with Crippen LogP contribution in [0.1, 0.15) is 19.4 Å². The lowest BCUT2D eigenvalue weighted by molar-refractivity contribution is 0.299. The molecule has 96 valence electrons. The summed E-state index contributed by atoms with van der Waals surface area (Å²) in [7, 11) is 1.94. The molecule has 1 aromatic rings. The van der Waals surface area contributed by atoms with E-state index in [0.29, 0.717) is 12.6 Å². The molecule has 0 saturated carbocycles. The number of hydrogen-bond donors (Lipinski definition) is 2. The maximum Gasteiger partial charge on any atom is 0.0606 e. The van der Waals surface area contributed by atoms with Crippen molar-refractivity contribution in [3.8, 4) is 0 Å². The number of benzene rings is 1. The summed E-state index contributed by atoms with van der Waals surface area (Å²) in [6.07, 6.45) is 0.